The number of phenolic OH excluding ortho intramolecular Hbond substituents is 2. The van der Waals surface area contributed by atoms with Crippen molar-refractivity contribution in [1.29, 1.82) is 0 Å². The van der Waals surface area contributed by atoms with Gasteiger partial charge in [-0.3, -0.25) is 20.2 Å². The molecule has 0 aliphatic rings. The molecule has 0 fully saturated rings. The molecule has 5 aromatic carbocycles. The number of hydrogen-bond acceptors (Lipinski definition) is 8. The Morgan fingerprint density at radius 2 is 1.15 bits per heavy atom. The summed E-state index contributed by atoms with van der Waals surface area (Å²) in [6.07, 6.45) is 0. The van der Waals surface area contributed by atoms with Crippen molar-refractivity contribution in [2.45, 2.75) is 0 Å². The third-order valence-corrected chi connectivity index (χ3v) is 5.79. The van der Waals surface area contributed by atoms with E-state index in [-0.39, 0.29) is 11.5 Å². The Kier molecular flexibility index (Phi) is 6.86. The normalized spacial score (nSPS) is 10.4. The smallest absolute Gasteiger partial charge is 0.310 e. The van der Waals surface area contributed by atoms with Crippen LogP contribution in [-0.4, -0.2) is 20.1 Å². The molecular weight excluding hydrogens is 516 g/mol. The molecule has 5 aromatic rings. The third-order valence-electron chi connectivity index (χ3n) is 5.79. The maximum Gasteiger partial charge on any atom is 0.310 e. The van der Waals surface area contributed by atoms with Crippen LogP contribution in [0.2, 0.25) is 0 Å². The first kappa shape index (κ1) is 25.6. The van der Waals surface area contributed by atoms with E-state index in [9.17, 15) is 30.4 Å². The van der Waals surface area contributed by atoms with Gasteiger partial charge in [-0.15, -0.1) is 0 Å². The highest BCUT2D eigenvalue weighted by Gasteiger charge is 2.17. The van der Waals surface area contributed by atoms with E-state index in [4.69, 9.17) is 9.47 Å². The van der Waals surface area contributed by atoms with Gasteiger partial charge in [-0.1, -0.05) is 42.2 Å². The van der Waals surface area contributed by atoms with Crippen LogP contribution < -0.4 is 9.47 Å². The van der Waals surface area contributed by atoms with Crippen LogP contribution in [0.1, 0.15) is 11.1 Å². The van der Waals surface area contributed by atoms with Crippen molar-refractivity contribution in [3.05, 3.63) is 128 Å². The molecule has 10 nitrogen and oxygen atoms in total. The second-order valence-corrected chi connectivity index (χ2v) is 8.46. The molecule has 0 atom stereocenters. The van der Waals surface area contributed by atoms with Crippen LogP contribution in [0.5, 0.6) is 34.5 Å². The lowest BCUT2D eigenvalue weighted by atomic mass is 10.0. The van der Waals surface area contributed by atoms with Gasteiger partial charge in [0.15, 0.2) is 11.5 Å². The molecule has 0 unspecified atom stereocenters. The van der Waals surface area contributed by atoms with Crippen LogP contribution in [0.4, 0.5) is 11.4 Å². The van der Waals surface area contributed by atoms with Crippen LogP contribution in [-0.2, 0) is 0 Å². The van der Waals surface area contributed by atoms with Crippen molar-refractivity contribution >= 4 is 22.1 Å². The zero-order valence-electron chi connectivity index (χ0n) is 20.5. The number of nitro groups is 2. The number of nitro benzene ring substituents is 2. The molecule has 0 spiro atoms. The van der Waals surface area contributed by atoms with E-state index in [2.05, 4.69) is 11.8 Å². The zero-order valence-corrected chi connectivity index (χ0v) is 20.5. The third kappa shape index (κ3) is 5.44. The van der Waals surface area contributed by atoms with E-state index in [1.54, 1.807) is 30.3 Å². The molecular formula is C30H18N2O8. The summed E-state index contributed by atoms with van der Waals surface area (Å²) in [6, 6.07) is 25.3. The average Bonchev–Trinajstić information content (AvgIpc) is 2.92. The number of benzene rings is 5. The Balaban J connectivity index is 1.61. The fourth-order valence-electron chi connectivity index (χ4n) is 3.93. The lowest BCUT2D eigenvalue weighted by Gasteiger charge is -2.14. The Labute approximate surface area is 226 Å². The van der Waals surface area contributed by atoms with Crippen LogP contribution >= 0.6 is 0 Å². The van der Waals surface area contributed by atoms with Crippen molar-refractivity contribution in [2.24, 2.45) is 0 Å². The molecule has 0 aromatic heterocycles. The Hall–Kier alpha value is -6.08. The molecule has 0 amide bonds. The zero-order chi connectivity index (χ0) is 28.2. The van der Waals surface area contributed by atoms with Gasteiger partial charge in [0.1, 0.15) is 23.0 Å². The van der Waals surface area contributed by atoms with Crippen LogP contribution in [0.3, 0.4) is 0 Å². The molecule has 0 heterocycles. The molecule has 40 heavy (non-hydrogen) atoms. The van der Waals surface area contributed by atoms with E-state index in [1.165, 1.54) is 12.1 Å². The van der Waals surface area contributed by atoms with Gasteiger partial charge in [-0.25, -0.2) is 0 Å². The molecule has 10 heteroatoms. The molecule has 0 aliphatic heterocycles. The van der Waals surface area contributed by atoms with E-state index < -0.39 is 32.7 Å². The number of nitrogens with zero attached hydrogens (tertiary/aromatic N) is 2. The molecule has 0 saturated heterocycles. The van der Waals surface area contributed by atoms with Gasteiger partial charge in [0.25, 0.3) is 0 Å². The second-order valence-electron chi connectivity index (χ2n) is 8.46. The van der Waals surface area contributed by atoms with E-state index in [0.717, 1.165) is 29.8 Å². The first-order chi connectivity index (χ1) is 19.3. The Morgan fingerprint density at radius 3 is 1.73 bits per heavy atom. The monoisotopic (exact) mass is 534 g/mol. The maximum atomic E-state index is 11.1. The van der Waals surface area contributed by atoms with Crippen LogP contribution in [0, 0.1) is 32.1 Å². The molecule has 2 N–H and O–H groups in total. The summed E-state index contributed by atoms with van der Waals surface area (Å²) < 4.78 is 12.0. The van der Waals surface area contributed by atoms with Gasteiger partial charge in [-0.05, 0) is 42.5 Å². The minimum Gasteiger partial charge on any atom is -0.502 e. The number of hydrogen-bond donors (Lipinski definition) is 2. The summed E-state index contributed by atoms with van der Waals surface area (Å²) in [5, 5.41) is 43.4. The summed E-state index contributed by atoms with van der Waals surface area (Å²) in [4.78, 5) is 20.7. The Morgan fingerprint density at radius 1 is 0.575 bits per heavy atom. The van der Waals surface area contributed by atoms with Gasteiger partial charge < -0.3 is 19.7 Å². The summed E-state index contributed by atoms with van der Waals surface area (Å²) in [5.41, 5.74) is 0.434. The van der Waals surface area contributed by atoms with Crippen molar-refractivity contribution < 1.29 is 29.5 Å². The highest BCUT2D eigenvalue weighted by atomic mass is 16.6. The predicted molar refractivity (Wildman–Crippen MR) is 146 cm³/mol. The number of ether oxygens (including phenoxy) is 2. The fourth-order valence-corrected chi connectivity index (χ4v) is 3.93. The Bertz CT molecular complexity index is 1840. The molecule has 5 rings (SSSR count). The largest absolute Gasteiger partial charge is 0.502 e. The lowest BCUT2D eigenvalue weighted by molar-refractivity contribution is -0.386. The number of rotatable bonds is 6. The van der Waals surface area contributed by atoms with Gasteiger partial charge in [0.2, 0.25) is 0 Å². The predicted octanol–water partition coefficient (Wildman–Crippen LogP) is 7.05. The molecule has 0 radical (unpaired) electrons. The van der Waals surface area contributed by atoms with Gasteiger partial charge in [-0.2, -0.15) is 0 Å². The summed E-state index contributed by atoms with van der Waals surface area (Å²) >= 11 is 0. The van der Waals surface area contributed by atoms with E-state index in [1.807, 2.05) is 30.3 Å². The van der Waals surface area contributed by atoms with Gasteiger partial charge in [0.05, 0.1) is 9.85 Å². The minimum atomic E-state index is -0.700. The molecule has 0 bridgehead atoms. The second kappa shape index (κ2) is 10.7. The first-order valence-corrected chi connectivity index (χ1v) is 11.7. The summed E-state index contributed by atoms with van der Waals surface area (Å²) in [7, 11) is 0. The lowest BCUT2D eigenvalue weighted by Crippen LogP contribution is -1.93. The topological polar surface area (TPSA) is 145 Å². The van der Waals surface area contributed by atoms with Gasteiger partial charge in [0, 0.05) is 46.2 Å². The van der Waals surface area contributed by atoms with E-state index >= 15 is 0 Å². The van der Waals surface area contributed by atoms with Crippen molar-refractivity contribution in [3.8, 4) is 46.3 Å². The van der Waals surface area contributed by atoms with Crippen LogP contribution in [0.25, 0.3) is 10.8 Å². The van der Waals surface area contributed by atoms with E-state index in [0.29, 0.717) is 27.8 Å². The average molecular weight is 534 g/mol. The van der Waals surface area contributed by atoms with Crippen molar-refractivity contribution in [1.82, 2.24) is 0 Å². The van der Waals surface area contributed by atoms with Gasteiger partial charge >= 0.3 is 11.4 Å². The highest BCUT2D eigenvalue weighted by Crippen LogP contribution is 2.40. The molecule has 0 aliphatic carbocycles. The fraction of sp³-hybridized carbons (Fsp3) is 0. The van der Waals surface area contributed by atoms with Crippen molar-refractivity contribution in [3.63, 3.8) is 0 Å². The summed E-state index contributed by atoms with van der Waals surface area (Å²) in [5.74, 6) is 6.10. The standard InChI is InChI=1S/C30H18N2O8/c33-27-17-21(11-13-25(27)31(35)36)39-29-8-4-7-23-24(29)15-20(10-9-19-5-2-1-3-6-19)16-30(23)40-22-12-14-26(32(37)38)28(34)18-22/h1-8,11-18,33-34H. The quantitative estimate of drug-likeness (QED) is 0.134. The van der Waals surface area contributed by atoms with Crippen molar-refractivity contribution in [2.75, 3.05) is 0 Å². The molecule has 196 valence electrons. The SMILES string of the molecule is O=[N+]([O-])c1ccc(Oc2cc(C#Cc3ccccc3)cc3c(Oc4ccc([N+](=O)[O-])c(O)c4)cccc23)cc1O. The number of fused-ring (bicyclic) bond motifs is 1. The highest BCUT2D eigenvalue weighted by molar-refractivity contribution is 5.95. The minimum absolute atomic E-state index is 0.157. The summed E-state index contributed by atoms with van der Waals surface area (Å²) in [6.45, 7) is 0. The molecule has 0 saturated carbocycles. The number of aromatic hydroxyl groups is 2. The van der Waals surface area contributed by atoms with Crippen LogP contribution in [0.15, 0.2) is 97.1 Å². The number of phenols is 2. The first-order valence-electron chi connectivity index (χ1n) is 11.7. The maximum absolute atomic E-state index is 11.1.